The number of carbonyl (C=O) groups excluding carboxylic acids is 1. The number of aromatic nitrogens is 3. The molecule has 24 heavy (non-hydrogen) atoms. The van der Waals surface area contributed by atoms with E-state index in [1.165, 1.54) is 7.11 Å². The van der Waals surface area contributed by atoms with Gasteiger partial charge in [-0.15, -0.1) is 10.2 Å². The Labute approximate surface area is 139 Å². The number of hydrogen-bond acceptors (Lipinski definition) is 6. The number of hydrogen-bond donors (Lipinski definition) is 2. The molecule has 2 rings (SSSR count). The number of nitrogen functional groups attached to an aromatic ring is 1. The monoisotopic (exact) mass is 361 g/mol. The Balaban J connectivity index is 2.04. The van der Waals surface area contributed by atoms with Crippen LogP contribution in [0.5, 0.6) is 5.75 Å². The second-order valence-electron chi connectivity index (χ2n) is 4.56. The maximum Gasteiger partial charge on any atom is 0.405 e. The molecule has 0 bridgehead atoms. The van der Waals surface area contributed by atoms with Gasteiger partial charge in [0.05, 0.1) is 18.4 Å². The van der Waals surface area contributed by atoms with E-state index in [-0.39, 0.29) is 10.9 Å². The molecule has 0 atom stereocenters. The van der Waals surface area contributed by atoms with Crippen LogP contribution in [0.1, 0.15) is 0 Å². The molecule has 0 unspecified atom stereocenters. The fraction of sp³-hybridized carbons (Fsp3) is 0.308. The van der Waals surface area contributed by atoms with Crippen molar-refractivity contribution in [2.75, 3.05) is 25.3 Å². The summed E-state index contributed by atoms with van der Waals surface area (Å²) in [6.07, 6.45) is -4.45. The van der Waals surface area contributed by atoms with E-state index in [9.17, 15) is 18.0 Å². The molecule has 1 amide bonds. The van der Waals surface area contributed by atoms with Crippen LogP contribution in [0.4, 0.5) is 13.2 Å². The Morgan fingerprint density at radius 1 is 1.38 bits per heavy atom. The number of rotatable bonds is 6. The van der Waals surface area contributed by atoms with Crippen molar-refractivity contribution in [2.24, 2.45) is 0 Å². The Hall–Kier alpha value is -2.43. The topological polar surface area (TPSA) is 95.1 Å². The number of ether oxygens (including phenoxy) is 1. The number of para-hydroxylation sites is 1. The van der Waals surface area contributed by atoms with Crippen LogP contribution in [-0.2, 0) is 4.79 Å². The van der Waals surface area contributed by atoms with E-state index in [1.807, 2.05) is 0 Å². The predicted molar refractivity (Wildman–Crippen MR) is 81.9 cm³/mol. The lowest BCUT2D eigenvalue weighted by Gasteiger charge is -2.09. The molecule has 0 saturated heterocycles. The zero-order valence-electron chi connectivity index (χ0n) is 12.5. The molecule has 1 aromatic heterocycles. The third-order valence-corrected chi connectivity index (χ3v) is 3.77. The Bertz CT molecular complexity index is 720. The molecule has 130 valence electrons. The number of alkyl halides is 3. The summed E-state index contributed by atoms with van der Waals surface area (Å²) in [5, 5.41) is 9.73. The van der Waals surface area contributed by atoms with E-state index >= 15 is 0 Å². The summed E-state index contributed by atoms with van der Waals surface area (Å²) < 4.78 is 42.4. The molecule has 1 heterocycles. The smallest absolute Gasteiger partial charge is 0.405 e. The zero-order chi connectivity index (χ0) is 17.7. The highest BCUT2D eigenvalue weighted by atomic mass is 32.2. The molecule has 0 aliphatic rings. The van der Waals surface area contributed by atoms with Crippen molar-refractivity contribution in [3.63, 3.8) is 0 Å². The van der Waals surface area contributed by atoms with E-state index in [1.54, 1.807) is 29.6 Å². The van der Waals surface area contributed by atoms with Crippen LogP contribution in [0.3, 0.4) is 0 Å². The van der Waals surface area contributed by atoms with Crippen molar-refractivity contribution in [3.8, 4) is 17.1 Å². The molecular weight excluding hydrogens is 347 g/mol. The highest BCUT2D eigenvalue weighted by molar-refractivity contribution is 7.99. The number of thioether (sulfide) groups is 1. The fourth-order valence-electron chi connectivity index (χ4n) is 1.77. The maximum atomic E-state index is 12.0. The van der Waals surface area contributed by atoms with Crippen LogP contribution >= 0.6 is 11.8 Å². The fourth-order valence-corrected chi connectivity index (χ4v) is 2.45. The Morgan fingerprint density at radius 2 is 2.08 bits per heavy atom. The lowest BCUT2D eigenvalue weighted by molar-refractivity contribution is -0.136. The molecule has 0 saturated carbocycles. The minimum absolute atomic E-state index is 0.193. The summed E-state index contributed by atoms with van der Waals surface area (Å²) in [5.41, 5.74) is 0.600. The largest absolute Gasteiger partial charge is 0.496 e. The van der Waals surface area contributed by atoms with Crippen molar-refractivity contribution < 1.29 is 22.7 Å². The molecule has 2 aromatic rings. The number of nitrogens with one attached hydrogen (secondary N) is 1. The standard InChI is InChI=1S/C13H14F3N5O2S/c1-23-9-5-3-2-4-8(9)11-19-20-12(21(11)17)24-6-10(22)18-7-13(14,15)16/h2-5H,6-7,17H2,1H3,(H,18,22). The van der Waals surface area contributed by atoms with Crippen LogP contribution in [0.2, 0.25) is 0 Å². The first-order valence-corrected chi connectivity index (χ1v) is 7.60. The highest BCUT2D eigenvalue weighted by Crippen LogP contribution is 2.29. The van der Waals surface area contributed by atoms with Crippen LogP contribution in [0.25, 0.3) is 11.4 Å². The predicted octanol–water partition coefficient (Wildman–Crippen LogP) is 1.44. The van der Waals surface area contributed by atoms with E-state index in [0.717, 1.165) is 16.4 Å². The van der Waals surface area contributed by atoms with Crippen molar-refractivity contribution in [1.29, 1.82) is 0 Å². The van der Waals surface area contributed by atoms with E-state index < -0.39 is 18.6 Å². The number of amides is 1. The van der Waals surface area contributed by atoms with Gasteiger partial charge in [-0.05, 0) is 12.1 Å². The average Bonchev–Trinajstić information content (AvgIpc) is 2.91. The summed E-state index contributed by atoms with van der Waals surface area (Å²) in [4.78, 5) is 11.4. The van der Waals surface area contributed by atoms with Crippen molar-refractivity contribution in [1.82, 2.24) is 20.2 Å². The zero-order valence-corrected chi connectivity index (χ0v) is 13.3. The van der Waals surface area contributed by atoms with Gasteiger partial charge in [0.1, 0.15) is 12.3 Å². The summed E-state index contributed by atoms with van der Waals surface area (Å²) in [7, 11) is 1.50. The SMILES string of the molecule is COc1ccccc1-c1nnc(SCC(=O)NCC(F)(F)F)n1N. The Kier molecular flexibility index (Phi) is 5.54. The van der Waals surface area contributed by atoms with Gasteiger partial charge in [0.15, 0.2) is 5.82 Å². The summed E-state index contributed by atoms with van der Waals surface area (Å²) in [6, 6.07) is 7.00. The van der Waals surface area contributed by atoms with Crippen molar-refractivity contribution in [2.45, 2.75) is 11.3 Å². The molecule has 0 fully saturated rings. The molecule has 0 radical (unpaired) electrons. The molecular formula is C13H14F3N5O2S. The van der Waals surface area contributed by atoms with E-state index in [0.29, 0.717) is 17.1 Å². The lowest BCUT2D eigenvalue weighted by Crippen LogP contribution is -2.34. The van der Waals surface area contributed by atoms with Crippen molar-refractivity contribution >= 4 is 17.7 Å². The Morgan fingerprint density at radius 3 is 2.75 bits per heavy atom. The minimum Gasteiger partial charge on any atom is -0.496 e. The van der Waals surface area contributed by atoms with E-state index in [4.69, 9.17) is 10.6 Å². The van der Waals surface area contributed by atoms with Gasteiger partial charge in [0.2, 0.25) is 11.1 Å². The van der Waals surface area contributed by atoms with Gasteiger partial charge in [-0.1, -0.05) is 23.9 Å². The first kappa shape index (κ1) is 17.9. The van der Waals surface area contributed by atoms with Crippen LogP contribution in [0, 0.1) is 0 Å². The van der Waals surface area contributed by atoms with Gasteiger partial charge < -0.3 is 15.9 Å². The molecule has 0 aliphatic carbocycles. The summed E-state index contributed by atoms with van der Waals surface area (Å²) >= 11 is 0.879. The quantitative estimate of drug-likeness (QED) is 0.597. The first-order valence-electron chi connectivity index (χ1n) is 6.62. The number of methoxy groups -OCH3 is 1. The van der Waals surface area contributed by atoms with Gasteiger partial charge in [-0.2, -0.15) is 13.2 Å². The van der Waals surface area contributed by atoms with Gasteiger partial charge in [0, 0.05) is 0 Å². The first-order chi connectivity index (χ1) is 11.3. The maximum absolute atomic E-state index is 12.0. The van der Waals surface area contributed by atoms with Crippen molar-refractivity contribution in [3.05, 3.63) is 24.3 Å². The van der Waals surface area contributed by atoms with Gasteiger partial charge >= 0.3 is 6.18 Å². The average molecular weight is 361 g/mol. The molecule has 7 nitrogen and oxygen atoms in total. The number of halogens is 3. The number of nitrogens with zero attached hydrogens (tertiary/aromatic N) is 3. The third kappa shape index (κ3) is 4.54. The molecule has 0 aliphatic heterocycles. The summed E-state index contributed by atoms with van der Waals surface area (Å²) in [5.74, 6) is 5.70. The third-order valence-electron chi connectivity index (χ3n) is 2.83. The normalized spacial score (nSPS) is 11.3. The van der Waals surface area contributed by atoms with Gasteiger partial charge in [-0.3, -0.25) is 4.79 Å². The van der Waals surface area contributed by atoms with E-state index in [2.05, 4.69) is 10.2 Å². The minimum atomic E-state index is -4.45. The number of benzene rings is 1. The van der Waals surface area contributed by atoms with Crippen LogP contribution in [-0.4, -0.2) is 46.4 Å². The molecule has 3 N–H and O–H groups in total. The highest BCUT2D eigenvalue weighted by Gasteiger charge is 2.27. The lowest BCUT2D eigenvalue weighted by atomic mass is 10.2. The number of nitrogens with two attached hydrogens (primary N) is 1. The number of carbonyl (C=O) groups is 1. The molecule has 0 spiro atoms. The van der Waals surface area contributed by atoms with Gasteiger partial charge in [0.25, 0.3) is 0 Å². The molecule has 11 heteroatoms. The van der Waals surface area contributed by atoms with Crippen LogP contribution in [0.15, 0.2) is 29.4 Å². The second kappa shape index (κ2) is 7.43. The van der Waals surface area contributed by atoms with Gasteiger partial charge in [-0.25, -0.2) is 4.68 Å². The second-order valence-corrected chi connectivity index (χ2v) is 5.50. The molecule has 1 aromatic carbocycles. The van der Waals surface area contributed by atoms with Crippen LogP contribution < -0.4 is 15.9 Å². The summed E-state index contributed by atoms with van der Waals surface area (Å²) in [6.45, 7) is -1.38.